The third-order valence-corrected chi connectivity index (χ3v) is 5.87. The Morgan fingerprint density at radius 3 is 2.59 bits per heavy atom. The van der Waals surface area contributed by atoms with Crippen LogP contribution in [0, 0.1) is 12.7 Å². The zero-order valence-electron chi connectivity index (χ0n) is 18.4. The van der Waals surface area contributed by atoms with Gasteiger partial charge in [-0.15, -0.1) is 10.2 Å². The number of rotatable bonds is 2. The van der Waals surface area contributed by atoms with Gasteiger partial charge in [0.15, 0.2) is 5.69 Å². The number of fused-ring (bicyclic) bond motifs is 5. The molecule has 11 heteroatoms. The van der Waals surface area contributed by atoms with Crippen LogP contribution in [0.25, 0.3) is 11.6 Å². The Labute approximate surface area is 193 Å². The molecule has 3 heterocycles. The van der Waals surface area contributed by atoms with Gasteiger partial charge in [0.1, 0.15) is 11.9 Å². The summed E-state index contributed by atoms with van der Waals surface area (Å²) in [5.41, 5.74) is 4.27. The van der Waals surface area contributed by atoms with E-state index in [0.717, 1.165) is 5.56 Å². The van der Waals surface area contributed by atoms with Crippen LogP contribution in [0.4, 0.5) is 23.2 Å². The number of halogens is 4. The third kappa shape index (κ3) is 4.84. The van der Waals surface area contributed by atoms with Gasteiger partial charge in [-0.05, 0) is 56.4 Å². The Kier molecular flexibility index (Phi) is 6.48. The van der Waals surface area contributed by atoms with Crippen LogP contribution in [0.1, 0.15) is 49.1 Å². The normalized spacial score (nSPS) is 21.5. The van der Waals surface area contributed by atoms with E-state index in [2.05, 4.69) is 15.2 Å². The fourth-order valence-corrected chi connectivity index (χ4v) is 3.94. The molecule has 3 aromatic rings. The van der Waals surface area contributed by atoms with Crippen LogP contribution in [-0.4, -0.2) is 32.6 Å². The second-order valence-electron chi connectivity index (χ2n) is 8.49. The van der Waals surface area contributed by atoms with Crippen molar-refractivity contribution in [2.24, 2.45) is 0 Å². The Morgan fingerprint density at radius 1 is 1.15 bits per heavy atom. The first-order valence-corrected chi connectivity index (χ1v) is 10.9. The fraction of sp³-hybridized carbons (Fsp3) is 0.435. The number of aryl methyl sites for hydroxylation is 1. The Hall–Kier alpha value is -3.21. The number of nitrogen functional groups attached to an aromatic ring is 1. The van der Waals surface area contributed by atoms with Crippen molar-refractivity contribution in [2.45, 2.75) is 63.3 Å². The van der Waals surface area contributed by atoms with Crippen LogP contribution >= 0.6 is 0 Å². The number of ether oxygens (including phenoxy) is 1. The van der Waals surface area contributed by atoms with Gasteiger partial charge in [0.2, 0.25) is 11.5 Å². The first-order chi connectivity index (χ1) is 16.1. The lowest BCUT2D eigenvalue weighted by Gasteiger charge is -2.27. The number of hydrogen-bond acceptors (Lipinski definition) is 7. The molecule has 1 aromatic carbocycles. The predicted molar refractivity (Wildman–Crippen MR) is 114 cm³/mol. The van der Waals surface area contributed by atoms with Crippen molar-refractivity contribution >= 4 is 5.69 Å². The highest BCUT2D eigenvalue weighted by Crippen LogP contribution is 2.43. The summed E-state index contributed by atoms with van der Waals surface area (Å²) in [6.45, 7) is 1.74. The van der Waals surface area contributed by atoms with Gasteiger partial charge in [-0.3, -0.25) is 0 Å². The van der Waals surface area contributed by atoms with Gasteiger partial charge in [-0.1, -0.05) is 18.6 Å². The van der Waals surface area contributed by atoms with Crippen molar-refractivity contribution in [3.63, 3.8) is 0 Å². The largest absolute Gasteiger partial charge is 0.474 e. The number of hydrogen-bond donors (Lipinski definition) is 2. The number of nitrogens with zero attached hydrogens (tertiary/aromatic N) is 3. The van der Waals surface area contributed by atoms with Crippen molar-refractivity contribution in [3.8, 4) is 17.5 Å². The Balaban J connectivity index is 1.73. The zero-order chi connectivity index (χ0) is 24.5. The summed E-state index contributed by atoms with van der Waals surface area (Å²) < 4.78 is 66.1. The molecule has 7 nitrogen and oxygen atoms in total. The predicted octanol–water partition coefficient (Wildman–Crippen LogP) is 4.87. The molecule has 182 valence electrons. The molecule has 2 atom stereocenters. The van der Waals surface area contributed by atoms with E-state index in [1.807, 2.05) is 0 Å². The molecule has 34 heavy (non-hydrogen) atoms. The van der Waals surface area contributed by atoms with E-state index in [-0.39, 0.29) is 41.5 Å². The van der Waals surface area contributed by atoms with Crippen molar-refractivity contribution in [3.05, 3.63) is 53.2 Å². The highest BCUT2D eigenvalue weighted by Gasteiger charge is 2.58. The molecule has 0 saturated heterocycles. The minimum Gasteiger partial charge on any atom is -0.474 e. The first-order valence-electron chi connectivity index (χ1n) is 10.9. The minimum atomic E-state index is -5.01. The molecule has 0 saturated carbocycles. The summed E-state index contributed by atoms with van der Waals surface area (Å²) in [5, 5.41) is 17.6. The molecule has 1 aliphatic rings. The summed E-state index contributed by atoms with van der Waals surface area (Å²) in [6, 6.07) is 7.57. The van der Waals surface area contributed by atoms with E-state index in [9.17, 15) is 22.7 Å². The smallest absolute Gasteiger partial charge is 0.426 e. The molecule has 0 radical (unpaired) electrons. The maximum absolute atomic E-state index is 13.8. The van der Waals surface area contributed by atoms with Gasteiger partial charge in [-0.25, -0.2) is 9.37 Å². The van der Waals surface area contributed by atoms with Gasteiger partial charge < -0.3 is 20.0 Å². The van der Waals surface area contributed by atoms with Crippen LogP contribution in [0.2, 0.25) is 0 Å². The summed E-state index contributed by atoms with van der Waals surface area (Å²) in [5.74, 6) is -1.44. The maximum atomic E-state index is 13.8. The fourth-order valence-electron chi connectivity index (χ4n) is 3.94. The molecule has 4 rings (SSSR count). The molecule has 0 aliphatic carbocycles. The van der Waals surface area contributed by atoms with Gasteiger partial charge in [-0.2, -0.15) is 13.2 Å². The van der Waals surface area contributed by atoms with Crippen molar-refractivity contribution in [1.29, 1.82) is 0 Å². The number of anilines is 1. The zero-order valence-corrected chi connectivity index (χ0v) is 18.4. The second kappa shape index (κ2) is 9.21. The van der Waals surface area contributed by atoms with E-state index in [4.69, 9.17) is 14.9 Å². The van der Waals surface area contributed by atoms with E-state index >= 15 is 0 Å². The number of aromatic nitrogens is 3. The third-order valence-electron chi connectivity index (χ3n) is 5.87. The summed E-state index contributed by atoms with van der Waals surface area (Å²) in [6.07, 6.45) is -4.06. The number of nitrogens with two attached hydrogens (primary N) is 1. The Morgan fingerprint density at radius 2 is 1.88 bits per heavy atom. The van der Waals surface area contributed by atoms with E-state index in [0.29, 0.717) is 31.2 Å². The van der Waals surface area contributed by atoms with Gasteiger partial charge in [0, 0.05) is 12.0 Å². The SMILES string of the molecule is Cc1cc(N)c2nc1OC(Cc1ccc(F)cc1)CCCCC[C@](O)(C(F)(F)F)c1nnc-2o1. The minimum absolute atomic E-state index is 0.0403. The average Bonchev–Trinajstić information content (AvgIpc) is 3.25. The monoisotopic (exact) mass is 480 g/mol. The number of benzene rings is 1. The summed E-state index contributed by atoms with van der Waals surface area (Å²) >= 11 is 0. The molecule has 0 amide bonds. The highest BCUT2D eigenvalue weighted by atomic mass is 19.4. The summed E-state index contributed by atoms with van der Waals surface area (Å²) in [4.78, 5) is 4.35. The molecular weight excluding hydrogens is 456 g/mol. The van der Waals surface area contributed by atoms with Crippen LogP contribution in [-0.2, 0) is 12.0 Å². The highest BCUT2D eigenvalue weighted by molar-refractivity contribution is 5.67. The first kappa shape index (κ1) is 23.9. The van der Waals surface area contributed by atoms with Crippen LogP contribution in [0.15, 0.2) is 34.7 Å². The van der Waals surface area contributed by atoms with Crippen molar-refractivity contribution in [1.82, 2.24) is 15.2 Å². The molecule has 3 N–H and O–H groups in total. The molecule has 1 aliphatic heterocycles. The van der Waals surface area contributed by atoms with Crippen molar-refractivity contribution in [2.75, 3.05) is 5.73 Å². The molecule has 1 unspecified atom stereocenters. The number of pyridine rings is 1. The van der Waals surface area contributed by atoms with Gasteiger partial charge >= 0.3 is 6.18 Å². The molecule has 2 aromatic heterocycles. The van der Waals surface area contributed by atoms with E-state index in [1.165, 1.54) is 12.1 Å². The van der Waals surface area contributed by atoms with Gasteiger partial charge in [0.05, 0.1) is 5.69 Å². The van der Waals surface area contributed by atoms with E-state index in [1.54, 1.807) is 25.1 Å². The lowest BCUT2D eigenvalue weighted by Crippen LogP contribution is -2.42. The van der Waals surface area contributed by atoms with Gasteiger partial charge in [0.25, 0.3) is 11.8 Å². The quantitative estimate of drug-likeness (QED) is 0.504. The molecular formula is C23H24F4N4O3. The van der Waals surface area contributed by atoms with Crippen LogP contribution < -0.4 is 10.5 Å². The lowest BCUT2D eigenvalue weighted by atomic mass is 9.94. The topological polar surface area (TPSA) is 107 Å². The van der Waals surface area contributed by atoms with Crippen molar-refractivity contribution < 1.29 is 31.8 Å². The number of aliphatic hydroxyl groups is 1. The standard InChI is InChI=1S/C23H24F4N4O3/c1-13-11-17(28)18-20-30-31-21(34-20)22(32,23(25,26)27)10-4-2-3-5-16(33-19(13)29-18)12-14-6-8-15(24)9-7-14/h6-9,11,16,32H,2-5,10,12,28H2,1H3/t16?,22-/m1/s1. The van der Waals surface area contributed by atoms with E-state index < -0.39 is 24.1 Å². The molecule has 0 spiro atoms. The average molecular weight is 480 g/mol. The summed E-state index contributed by atoms with van der Waals surface area (Å²) in [7, 11) is 0. The Bertz CT molecular complexity index is 1150. The van der Waals surface area contributed by atoms with Crippen LogP contribution in [0.3, 0.4) is 0 Å². The molecule has 0 fully saturated rings. The second-order valence-corrected chi connectivity index (χ2v) is 8.49. The number of alkyl halides is 3. The molecule has 4 bridgehead atoms. The maximum Gasteiger partial charge on any atom is 0.426 e. The van der Waals surface area contributed by atoms with Crippen LogP contribution in [0.5, 0.6) is 5.88 Å². The lowest BCUT2D eigenvalue weighted by molar-refractivity contribution is -0.277.